The van der Waals surface area contributed by atoms with Gasteiger partial charge in [0.25, 0.3) is 0 Å². The molecule has 0 amide bonds. The lowest BCUT2D eigenvalue weighted by atomic mass is 10.1. The first-order chi connectivity index (χ1) is 9.98. The first-order valence-electron chi connectivity index (χ1n) is 7.13. The summed E-state index contributed by atoms with van der Waals surface area (Å²) in [7, 11) is -3.58. The Balaban J connectivity index is 1.89. The number of hydrogen-bond donors (Lipinski definition) is 1. The molecule has 0 spiro atoms. The topological polar surface area (TPSA) is 72.6 Å². The number of hydrogen-bond acceptors (Lipinski definition) is 4. The Bertz CT molecular complexity index is 625. The lowest BCUT2D eigenvalue weighted by Gasteiger charge is -2.25. The largest absolute Gasteiger partial charge is 0.398 e. The van der Waals surface area contributed by atoms with Crippen LogP contribution < -0.4 is 5.73 Å². The fourth-order valence-electron chi connectivity index (χ4n) is 2.67. The number of halogens is 1. The summed E-state index contributed by atoms with van der Waals surface area (Å²) in [4.78, 5) is 0.151. The van der Waals surface area contributed by atoms with Crippen molar-refractivity contribution in [2.24, 2.45) is 5.92 Å². The molecule has 1 aromatic rings. The molecule has 116 valence electrons. The van der Waals surface area contributed by atoms with Crippen LogP contribution in [0.4, 0.5) is 5.69 Å². The molecular weight excluding hydrogens is 312 g/mol. The van der Waals surface area contributed by atoms with E-state index in [1.165, 1.54) is 12.1 Å². The van der Waals surface area contributed by atoms with Gasteiger partial charge in [0.15, 0.2) is 0 Å². The van der Waals surface area contributed by atoms with E-state index >= 15 is 0 Å². The zero-order chi connectivity index (χ0) is 15.0. The van der Waals surface area contributed by atoms with Gasteiger partial charge in [-0.1, -0.05) is 11.6 Å². The molecule has 3 rings (SSSR count). The molecule has 0 radical (unpaired) electrons. The number of benzene rings is 1. The van der Waals surface area contributed by atoms with Gasteiger partial charge in [0.2, 0.25) is 10.0 Å². The van der Waals surface area contributed by atoms with Crippen LogP contribution in [0, 0.1) is 5.92 Å². The predicted octanol–water partition coefficient (Wildman–Crippen LogP) is 2.11. The highest BCUT2D eigenvalue weighted by Crippen LogP contribution is 2.35. The van der Waals surface area contributed by atoms with Crippen molar-refractivity contribution in [2.45, 2.75) is 30.2 Å². The fraction of sp³-hybridized carbons (Fsp3) is 0.571. The molecule has 2 N–H and O–H groups in total. The number of nitrogens with zero attached hydrogens (tertiary/aromatic N) is 1. The van der Waals surface area contributed by atoms with Gasteiger partial charge in [0, 0.05) is 24.2 Å². The molecule has 1 saturated heterocycles. The summed E-state index contributed by atoms with van der Waals surface area (Å²) in [5.74, 6) is 0.272. The van der Waals surface area contributed by atoms with Gasteiger partial charge in [0.05, 0.1) is 12.3 Å². The van der Waals surface area contributed by atoms with Crippen molar-refractivity contribution in [3.63, 3.8) is 0 Å². The van der Waals surface area contributed by atoms with Gasteiger partial charge < -0.3 is 10.5 Å². The molecule has 21 heavy (non-hydrogen) atoms. The Hall–Kier alpha value is -0.820. The summed E-state index contributed by atoms with van der Waals surface area (Å²) in [5.41, 5.74) is 6.06. The standard InChI is InChI=1S/C14H19ClN2O3S/c15-11-1-4-14(13(16)7-11)21(18,19)17(12-2-3-12)8-10-5-6-20-9-10/h1,4,7,10,12H,2-3,5-6,8-9,16H2. The Kier molecular flexibility index (Phi) is 4.14. The summed E-state index contributed by atoms with van der Waals surface area (Å²) in [6.07, 6.45) is 2.75. The van der Waals surface area contributed by atoms with E-state index in [1.54, 1.807) is 10.4 Å². The van der Waals surface area contributed by atoms with Crippen LogP contribution in [0.2, 0.25) is 5.02 Å². The molecule has 7 heteroatoms. The molecule has 2 aliphatic rings. The SMILES string of the molecule is Nc1cc(Cl)ccc1S(=O)(=O)N(CC1CCOC1)C1CC1. The number of anilines is 1. The lowest BCUT2D eigenvalue weighted by Crippen LogP contribution is -2.37. The number of ether oxygens (including phenoxy) is 1. The van der Waals surface area contributed by atoms with Crippen LogP contribution in [0.15, 0.2) is 23.1 Å². The minimum Gasteiger partial charge on any atom is -0.398 e. The Morgan fingerprint density at radius 2 is 2.10 bits per heavy atom. The maximum atomic E-state index is 12.9. The quantitative estimate of drug-likeness (QED) is 0.839. The van der Waals surface area contributed by atoms with Crippen LogP contribution >= 0.6 is 11.6 Å². The highest BCUT2D eigenvalue weighted by Gasteiger charge is 2.40. The summed E-state index contributed by atoms with van der Waals surface area (Å²) in [6, 6.07) is 4.64. The molecular formula is C14H19ClN2O3S. The molecule has 1 aromatic carbocycles. The molecule has 1 aliphatic carbocycles. The highest BCUT2D eigenvalue weighted by atomic mass is 35.5. The fourth-order valence-corrected chi connectivity index (χ4v) is 4.71. The predicted molar refractivity (Wildman–Crippen MR) is 81.7 cm³/mol. The van der Waals surface area contributed by atoms with Crippen molar-refractivity contribution in [1.82, 2.24) is 4.31 Å². The van der Waals surface area contributed by atoms with Crippen molar-refractivity contribution >= 4 is 27.3 Å². The average molecular weight is 331 g/mol. The minimum atomic E-state index is -3.58. The summed E-state index contributed by atoms with van der Waals surface area (Å²) < 4.78 is 32.7. The van der Waals surface area contributed by atoms with Gasteiger partial charge in [-0.3, -0.25) is 0 Å². The molecule has 0 aromatic heterocycles. The zero-order valence-electron chi connectivity index (χ0n) is 11.7. The van der Waals surface area contributed by atoms with E-state index < -0.39 is 10.0 Å². The minimum absolute atomic E-state index is 0.102. The second-order valence-electron chi connectivity index (χ2n) is 5.72. The lowest BCUT2D eigenvalue weighted by molar-refractivity contribution is 0.180. The zero-order valence-corrected chi connectivity index (χ0v) is 13.2. The van der Waals surface area contributed by atoms with Crippen LogP contribution in [0.5, 0.6) is 0 Å². The van der Waals surface area contributed by atoms with Crippen LogP contribution in [0.3, 0.4) is 0 Å². The van der Waals surface area contributed by atoms with E-state index in [9.17, 15) is 8.42 Å². The highest BCUT2D eigenvalue weighted by molar-refractivity contribution is 7.89. The summed E-state index contributed by atoms with van der Waals surface area (Å²) in [5, 5.41) is 0.439. The van der Waals surface area contributed by atoms with E-state index in [1.807, 2.05) is 0 Å². The maximum absolute atomic E-state index is 12.9. The second-order valence-corrected chi connectivity index (χ2v) is 8.01. The molecule has 2 fully saturated rings. The van der Waals surface area contributed by atoms with Gasteiger partial charge >= 0.3 is 0 Å². The smallest absolute Gasteiger partial charge is 0.245 e. The third-order valence-corrected chi connectivity index (χ3v) is 6.20. The van der Waals surface area contributed by atoms with Crippen molar-refractivity contribution < 1.29 is 13.2 Å². The van der Waals surface area contributed by atoms with E-state index in [4.69, 9.17) is 22.1 Å². The molecule has 1 heterocycles. The Morgan fingerprint density at radius 3 is 2.67 bits per heavy atom. The van der Waals surface area contributed by atoms with Gasteiger partial charge in [-0.2, -0.15) is 4.31 Å². The van der Waals surface area contributed by atoms with Crippen LogP contribution in [-0.4, -0.2) is 38.5 Å². The molecule has 5 nitrogen and oxygen atoms in total. The van der Waals surface area contributed by atoms with Crippen molar-refractivity contribution in [2.75, 3.05) is 25.5 Å². The van der Waals surface area contributed by atoms with E-state index in [0.717, 1.165) is 19.3 Å². The molecule has 0 bridgehead atoms. The second kappa shape index (κ2) is 5.76. The van der Waals surface area contributed by atoms with Gasteiger partial charge in [-0.15, -0.1) is 0 Å². The normalized spacial score (nSPS) is 22.9. The van der Waals surface area contributed by atoms with Crippen LogP contribution in [0.1, 0.15) is 19.3 Å². The molecule has 1 aliphatic heterocycles. The summed E-state index contributed by atoms with van der Waals surface area (Å²) in [6.45, 7) is 1.86. The molecule has 1 atom stereocenters. The van der Waals surface area contributed by atoms with Gasteiger partial charge in [0.1, 0.15) is 4.90 Å². The molecule has 1 unspecified atom stereocenters. The summed E-state index contributed by atoms with van der Waals surface area (Å²) >= 11 is 5.85. The van der Waals surface area contributed by atoms with Crippen molar-refractivity contribution in [3.8, 4) is 0 Å². The third kappa shape index (κ3) is 3.18. The van der Waals surface area contributed by atoms with Crippen LogP contribution in [0.25, 0.3) is 0 Å². The first-order valence-corrected chi connectivity index (χ1v) is 8.95. The first kappa shape index (κ1) is 15.1. The Labute approximate surface area is 130 Å². The van der Waals surface area contributed by atoms with Crippen molar-refractivity contribution in [1.29, 1.82) is 0 Å². The maximum Gasteiger partial charge on any atom is 0.245 e. The number of rotatable bonds is 5. The number of nitrogens with two attached hydrogens (primary N) is 1. The number of sulfonamides is 1. The third-order valence-electron chi connectivity index (χ3n) is 3.97. The molecule has 1 saturated carbocycles. The van der Waals surface area contributed by atoms with Crippen LogP contribution in [-0.2, 0) is 14.8 Å². The van der Waals surface area contributed by atoms with Crippen molar-refractivity contribution in [3.05, 3.63) is 23.2 Å². The van der Waals surface area contributed by atoms with E-state index in [2.05, 4.69) is 0 Å². The average Bonchev–Trinajstić information content (AvgIpc) is 3.11. The van der Waals surface area contributed by atoms with E-state index in [-0.39, 0.29) is 22.5 Å². The monoisotopic (exact) mass is 330 g/mol. The van der Waals surface area contributed by atoms with E-state index in [0.29, 0.717) is 24.8 Å². The Morgan fingerprint density at radius 1 is 1.33 bits per heavy atom. The number of nitrogen functional groups attached to an aromatic ring is 1. The van der Waals surface area contributed by atoms with Gasteiger partial charge in [-0.05, 0) is 43.4 Å². The van der Waals surface area contributed by atoms with Gasteiger partial charge in [-0.25, -0.2) is 8.42 Å².